The van der Waals surface area contributed by atoms with Crippen molar-refractivity contribution in [1.29, 1.82) is 5.26 Å². The number of benzene rings is 2. The summed E-state index contributed by atoms with van der Waals surface area (Å²) in [5, 5.41) is 19.8. The van der Waals surface area contributed by atoms with Crippen LogP contribution in [0.2, 0.25) is 0 Å². The van der Waals surface area contributed by atoms with E-state index in [0.29, 0.717) is 35.2 Å². The number of nitrogens with zero attached hydrogens (tertiary/aromatic N) is 3. The van der Waals surface area contributed by atoms with Gasteiger partial charge in [0.15, 0.2) is 0 Å². The fraction of sp³-hybridized carbons (Fsp3) is 0.200. The maximum Gasteiger partial charge on any atom is 0.247 e. The van der Waals surface area contributed by atoms with Gasteiger partial charge in [0.2, 0.25) is 17.7 Å². The average molecular weight is 362 g/mol. The summed E-state index contributed by atoms with van der Waals surface area (Å²) in [6.07, 6.45) is 0.473. The lowest BCUT2D eigenvalue weighted by molar-refractivity contribution is -0.116. The zero-order chi connectivity index (χ0) is 19.2. The Hall–Kier alpha value is -3.66. The van der Waals surface area contributed by atoms with E-state index >= 15 is 0 Å². The lowest BCUT2D eigenvalue weighted by Crippen LogP contribution is -2.13. The molecule has 0 atom stereocenters. The van der Waals surface area contributed by atoms with Crippen LogP contribution < -0.4 is 10.1 Å². The summed E-state index contributed by atoms with van der Waals surface area (Å²) in [6.45, 7) is 2.00. The number of methoxy groups -OCH3 is 1. The molecule has 2 aromatic carbocycles. The predicted octanol–water partition coefficient (Wildman–Crippen LogP) is 3.50. The summed E-state index contributed by atoms with van der Waals surface area (Å²) in [7, 11) is 1.50. The zero-order valence-corrected chi connectivity index (χ0v) is 15.0. The molecule has 1 aromatic heterocycles. The van der Waals surface area contributed by atoms with Gasteiger partial charge in [0, 0.05) is 18.4 Å². The standard InChI is InChI=1S/C20H18N4O3/c1-13-3-6-15(7-4-13)20-24-23-19(27-20)10-9-18(25)22-16-11-14(12-21)5-8-17(16)26-2/h3-8,11H,9-10H2,1-2H3,(H,22,25). The summed E-state index contributed by atoms with van der Waals surface area (Å²) in [6, 6.07) is 14.6. The molecule has 0 fully saturated rings. The second kappa shape index (κ2) is 8.15. The molecule has 0 saturated heterocycles. The molecule has 3 aromatic rings. The molecule has 0 radical (unpaired) electrons. The van der Waals surface area contributed by atoms with Gasteiger partial charge in [-0.1, -0.05) is 17.7 Å². The molecule has 3 rings (SSSR count). The van der Waals surface area contributed by atoms with Crippen LogP contribution in [0.3, 0.4) is 0 Å². The highest BCUT2D eigenvalue weighted by Crippen LogP contribution is 2.25. The molecule has 0 aliphatic rings. The van der Waals surface area contributed by atoms with E-state index in [1.165, 1.54) is 7.11 Å². The second-order valence-corrected chi connectivity index (χ2v) is 5.94. The third-order valence-electron chi connectivity index (χ3n) is 3.93. The third-order valence-corrected chi connectivity index (χ3v) is 3.93. The van der Waals surface area contributed by atoms with Crippen molar-refractivity contribution in [3.05, 3.63) is 59.5 Å². The van der Waals surface area contributed by atoms with Crippen LogP contribution in [0.1, 0.15) is 23.4 Å². The number of anilines is 1. The van der Waals surface area contributed by atoms with Gasteiger partial charge in [-0.25, -0.2) is 0 Å². The van der Waals surface area contributed by atoms with E-state index in [0.717, 1.165) is 11.1 Å². The molecule has 1 heterocycles. The number of amides is 1. The maximum absolute atomic E-state index is 12.2. The summed E-state index contributed by atoms with van der Waals surface area (Å²) < 4.78 is 10.8. The number of hydrogen-bond acceptors (Lipinski definition) is 6. The minimum atomic E-state index is -0.238. The van der Waals surface area contributed by atoms with Crippen LogP contribution in [-0.4, -0.2) is 23.2 Å². The number of carbonyl (C=O) groups is 1. The molecule has 7 nitrogen and oxygen atoms in total. The molecular formula is C20H18N4O3. The Balaban J connectivity index is 1.62. The molecule has 0 saturated carbocycles. The summed E-state index contributed by atoms with van der Waals surface area (Å²) in [4.78, 5) is 12.2. The van der Waals surface area contributed by atoms with Gasteiger partial charge in [-0.2, -0.15) is 5.26 Å². The van der Waals surface area contributed by atoms with Crippen molar-refractivity contribution in [1.82, 2.24) is 10.2 Å². The smallest absolute Gasteiger partial charge is 0.247 e. The Morgan fingerprint density at radius 3 is 2.70 bits per heavy atom. The minimum Gasteiger partial charge on any atom is -0.495 e. The van der Waals surface area contributed by atoms with Gasteiger partial charge in [0.05, 0.1) is 24.4 Å². The molecule has 1 amide bonds. The fourth-order valence-corrected chi connectivity index (χ4v) is 2.48. The number of aryl methyl sites for hydroxylation is 2. The highest BCUT2D eigenvalue weighted by Gasteiger charge is 2.12. The van der Waals surface area contributed by atoms with Crippen LogP contribution in [0, 0.1) is 18.3 Å². The van der Waals surface area contributed by atoms with Crippen molar-refractivity contribution in [2.24, 2.45) is 0 Å². The van der Waals surface area contributed by atoms with Crippen molar-refractivity contribution < 1.29 is 13.9 Å². The predicted molar refractivity (Wildman–Crippen MR) is 99.1 cm³/mol. The number of hydrogen-bond donors (Lipinski definition) is 1. The first kappa shape index (κ1) is 18.1. The molecule has 0 bridgehead atoms. The summed E-state index contributed by atoms with van der Waals surface area (Å²) >= 11 is 0. The fourth-order valence-electron chi connectivity index (χ4n) is 2.48. The molecular weight excluding hydrogens is 344 g/mol. The molecule has 0 spiro atoms. The van der Waals surface area contributed by atoms with Crippen molar-refractivity contribution in [3.63, 3.8) is 0 Å². The number of carbonyl (C=O) groups excluding carboxylic acids is 1. The normalized spacial score (nSPS) is 10.3. The van der Waals surface area contributed by atoms with E-state index in [-0.39, 0.29) is 12.3 Å². The van der Waals surface area contributed by atoms with Crippen LogP contribution in [0.4, 0.5) is 5.69 Å². The van der Waals surface area contributed by atoms with Crippen LogP contribution in [0.25, 0.3) is 11.5 Å². The number of nitriles is 1. The van der Waals surface area contributed by atoms with Gasteiger partial charge in [-0.15, -0.1) is 10.2 Å². The van der Waals surface area contributed by atoms with E-state index < -0.39 is 0 Å². The molecule has 1 N–H and O–H groups in total. The first-order valence-corrected chi connectivity index (χ1v) is 8.36. The monoisotopic (exact) mass is 362 g/mol. The maximum atomic E-state index is 12.2. The molecule has 0 aliphatic heterocycles. The molecule has 0 aliphatic carbocycles. The van der Waals surface area contributed by atoms with Gasteiger partial charge in [0.1, 0.15) is 5.75 Å². The Labute approximate surface area is 156 Å². The van der Waals surface area contributed by atoms with E-state index in [4.69, 9.17) is 14.4 Å². The molecule has 0 unspecified atom stereocenters. The SMILES string of the molecule is COc1ccc(C#N)cc1NC(=O)CCc1nnc(-c2ccc(C)cc2)o1. The van der Waals surface area contributed by atoms with Gasteiger partial charge >= 0.3 is 0 Å². The Kier molecular flexibility index (Phi) is 5.47. The highest BCUT2D eigenvalue weighted by atomic mass is 16.5. The highest BCUT2D eigenvalue weighted by molar-refractivity contribution is 5.92. The number of ether oxygens (including phenoxy) is 1. The molecule has 136 valence electrons. The van der Waals surface area contributed by atoms with Crippen LogP contribution in [0.15, 0.2) is 46.9 Å². The van der Waals surface area contributed by atoms with Crippen LogP contribution in [-0.2, 0) is 11.2 Å². The summed E-state index contributed by atoms with van der Waals surface area (Å²) in [5.41, 5.74) is 2.87. The summed E-state index contributed by atoms with van der Waals surface area (Å²) in [5.74, 6) is 1.06. The lowest BCUT2D eigenvalue weighted by atomic mass is 10.1. The Morgan fingerprint density at radius 1 is 1.22 bits per heavy atom. The van der Waals surface area contributed by atoms with Crippen molar-refractivity contribution in [2.75, 3.05) is 12.4 Å². The number of aromatic nitrogens is 2. The first-order valence-electron chi connectivity index (χ1n) is 8.36. The number of rotatable bonds is 6. The van der Waals surface area contributed by atoms with Crippen LogP contribution in [0.5, 0.6) is 5.75 Å². The average Bonchev–Trinajstić information content (AvgIpc) is 3.16. The van der Waals surface area contributed by atoms with Crippen molar-refractivity contribution in [3.8, 4) is 23.3 Å². The largest absolute Gasteiger partial charge is 0.495 e. The van der Waals surface area contributed by atoms with E-state index in [1.807, 2.05) is 37.3 Å². The van der Waals surface area contributed by atoms with Gasteiger partial charge in [-0.3, -0.25) is 4.79 Å². The molecule has 7 heteroatoms. The second-order valence-electron chi connectivity index (χ2n) is 5.94. The van der Waals surface area contributed by atoms with E-state index in [1.54, 1.807) is 18.2 Å². The third kappa shape index (κ3) is 4.50. The Bertz CT molecular complexity index is 987. The first-order chi connectivity index (χ1) is 13.1. The zero-order valence-electron chi connectivity index (χ0n) is 15.0. The van der Waals surface area contributed by atoms with Gasteiger partial charge in [0.25, 0.3) is 0 Å². The van der Waals surface area contributed by atoms with Crippen LogP contribution >= 0.6 is 0 Å². The van der Waals surface area contributed by atoms with Gasteiger partial charge < -0.3 is 14.5 Å². The quantitative estimate of drug-likeness (QED) is 0.720. The number of nitrogens with one attached hydrogen (secondary N) is 1. The lowest BCUT2D eigenvalue weighted by Gasteiger charge is -2.10. The van der Waals surface area contributed by atoms with Crippen molar-refractivity contribution >= 4 is 11.6 Å². The van der Waals surface area contributed by atoms with Crippen molar-refractivity contribution in [2.45, 2.75) is 19.8 Å². The minimum absolute atomic E-state index is 0.162. The van der Waals surface area contributed by atoms with Gasteiger partial charge in [-0.05, 0) is 37.3 Å². The molecule has 27 heavy (non-hydrogen) atoms. The van der Waals surface area contributed by atoms with E-state index in [9.17, 15) is 4.79 Å². The Morgan fingerprint density at radius 2 is 2.00 bits per heavy atom. The topological polar surface area (TPSA) is 101 Å². The van der Waals surface area contributed by atoms with E-state index in [2.05, 4.69) is 15.5 Å².